The molecular formula is C12H16ClNO3. The summed E-state index contributed by atoms with van der Waals surface area (Å²) in [5, 5.41) is 21.3. The molecule has 17 heavy (non-hydrogen) atoms. The van der Waals surface area contributed by atoms with Crippen molar-refractivity contribution < 1.29 is 15.0 Å². The van der Waals surface area contributed by atoms with E-state index in [1.807, 2.05) is 6.92 Å². The second-order valence-electron chi connectivity index (χ2n) is 3.73. The number of carboxylic acid groups (broad SMARTS) is 1. The lowest BCUT2D eigenvalue weighted by Crippen LogP contribution is -2.21. The Balaban J connectivity index is 2.97. The van der Waals surface area contributed by atoms with Gasteiger partial charge in [-0.05, 0) is 25.0 Å². The van der Waals surface area contributed by atoms with Crippen molar-refractivity contribution in [3.8, 4) is 0 Å². The van der Waals surface area contributed by atoms with Gasteiger partial charge in [-0.25, -0.2) is 4.79 Å². The molecule has 0 amide bonds. The molecule has 0 aliphatic heterocycles. The van der Waals surface area contributed by atoms with Crippen LogP contribution in [0.15, 0.2) is 18.2 Å². The number of benzene rings is 1. The lowest BCUT2D eigenvalue weighted by atomic mass is 10.1. The number of aliphatic hydroxyl groups is 1. The Labute approximate surface area is 105 Å². The number of rotatable bonds is 6. The van der Waals surface area contributed by atoms with Crippen molar-refractivity contribution in [1.82, 2.24) is 0 Å². The van der Waals surface area contributed by atoms with Gasteiger partial charge < -0.3 is 15.5 Å². The van der Waals surface area contributed by atoms with E-state index < -0.39 is 5.97 Å². The van der Waals surface area contributed by atoms with E-state index >= 15 is 0 Å². The van der Waals surface area contributed by atoms with E-state index in [9.17, 15) is 4.79 Å². The third-order valence-electron chi connectivity index (χ3n) is 2.56. The molecule has 1 rings (SSSR count). The zero-order valence-electron chi connectivity index (χ0n) is 9.61. The summed E-state index contributed by atoms with van der Waals surface area (Å²) in [4.78, 5) is 11.1. The molecule has 1 atom stereocenters. The quantitative estimate of drug-likeness (QED) is 0.733. The van der Waals surface area contributed by atoms with Crippen molar-refractivity contribution in [1.29, 1.82) is 0 Å². The summed E-state index contributed by atoms with van der Waals surface area (Å²) in [5.74, 6) is -1.06. The van der Waals surface area contributed by atoms with Crippen molar-refractivity contribution in [2.45, 2.75) is 25.8 Å². The van der Waals surface area contributed by atoms with Crippen LogP contribution in [0.1, 0.15) is 30.1 Å². The van der Waals surface area contributed by atoms with Crippen molar-refractivity contribution in [3.05, 3.63) is 28.8 Å². The van der Waals surface area contributed by atoms with Crippen molar-refractivity contribution >= 4 is 23.3 Å². The largest absolute Gasteiger partial charge is 0.478 e. The van der Waals surface area contributed by atoms with Gasteiger partial charge in [-0.1, -0.05) is 24.6 Å². The number of hydrogen-bond donors (Lipinski definition) is 3. The Morgan fingerprint density at radius 1 is 1.53 bits per heavy atom. The normalized spacial score (nSPS) is 12.2. The van der Waals surface area contributed by atoms with Crippen LogP contribution in [0.3, 0.4) is 0 Å². The molecule has 0 fully saturated rings. The molecule has 1 aromatic rings. The van der Waals surface area contributed by atoms with Crippen molar-refractivity contribution in [3.63, 3.8) is 0 Å². The maximum absolute atomic E-state index is 11.1. The highest BCUT2D eigenvalue weighted by Crippen LogP contribution is 2.25. The van der Waals surface area contributed by atoms with Crippen molar-refractivity contribution in [2.75, 3.05) is 11.9 Å². The predicted octanol–water partition coefficient (Wildman–Crippen LogP) is 2.61. The van der Waals surface area contributed by atoms with Gasteiger partial charge in [0.2, 0.25) is 0 Å². The van der Waals surface area contributed by atoms with Gasteiger partial charge in [0.05, 0.1) is 10.7 Å². The Hall–Kier alpha value is -1.26. The summed E-state index contributed by atoms with van der Waals surface area (Å²) < 4.78 is 0. The molecule has 1 unspecified atom stereocenters. The summed E-state index contributed by atoms with van der Waals surface area (Å²) in [6.07, 6.45) is 1.37. The Morgan fingerprint density at radius 3 is 2.76 bits per heavy atom. The summed E-state index contributed by atoms with van der Waals surface area (Å²) in [6, 6.07) is 4.96. The second-order valence-corrected chi connectivity index (χ2v) is 4.14. The van der Waals surface area contributed by atoms with Crippen LogP contribution >= 0.6 is 11.6 Å². The van der Waals surface area contributed by atoms with Gasteiger partial charge >= 0.3 is 5.97 Å². The molecule has 5 heteroatoms. The third kappa shape index (κ3) is 3.61. The lowest BCUT2D eigenvalue weighted by molar-refractivity contribution is 0.0698. The zero-order valence-corrected chi connectivity index (χ0v) is 10.4. The third-order valence-corrected chi connectivity index (χ3v) is 2.87. The van der Waals surface area contributed by atoms with E-state index in [1.54, 1.807) is 18.2 Å². The van der Waals surface area contributed by atoms with Crippen LogP contribution in [0, 0.1) is 0 Å². The second kappa shape index (κ2) is 6.47. The molecular weight excluding hydrogens is 242 g/mol. The number of hydrogen-bond acceptors (Lipinski definition) is 3. The fraction of sp³-hybridized carbons (Fsp3) is 0.417. The Bertz CT molecular complexity index is 395. The van der Waals surface area contributed by atoms with Crippen LogP contribution in [-0.2, 0) is 0 Å². The highest BCUT2D eigenvalue weighted by atomic mass is 35.5. The molecule has 4 nitrogen and oxygen atoms in total. The van der Waals surface area contributed by atoms with Crippen LogP contribution < -0.4 is 5.32 Å². The molecule has 0 aliphatic rings. The number of nitrogens with one attached hydrogen (secondary N) is 1. The van der Waals surface area contributed by atoms with Gasteiger partial charge in [-0.2, -0.15) is 0 Å². The first-order valence-electron chi connectivity index (χ1n) is 5.49. The minimum atomic E-state index is -1.06. The number of anilines is 1. The topological polar surface area (TPSA) is 69.6 Å². The molecule has 0 spiro atoms. The molecule has 0 aromatic heterocycles. The van der Waals surface area contributed by atoms with Crippen LogP contribution in [0.2, 0.25) is 5.02 Å². The van der Waals surface area contributed by atoms with E-state index in [0.717, 1.165) is 6.42 Å². The molecule has 1 aromatic carbocycles. The van der Waals surface area contributed by atoms with Gasteiger partial charge in [0, 0.05) is 12.6 Å². The number of carbonyl (C=O) groups is 1. The zero-order chi connectivity index (χ0) is 12.8. The number of aromatic carboxylic acids is 1. The number of carboxylic acids is 1. The summed E-state index contributed by atoms with van der Waals surface area (Å²) in [5.41, 5.74) is 0.566. The van der Waals surface area contributed by atoms with E-state index in [0.29, 0.717) is 12.1 Å². The van der Waals surface area contributed by atoms with Gasteiger partial charge in [0.1, 0.15) is 5.56 Å². The molecule has 0 saturated heterocycles. The highest BCUT2D eigenvalue weighted by molar-refractivity contribution is 6.34. The average Bonchev–Trinajstić information content (AvgIpc) is 2.28. The highest BCUT2D eigenvalue weighted by Gasteiger charge is 2.16. The summed E-state index contributed by atoms with van der Waals surface area (Å²) in [6.45, 7) is 2.03. The van der Waals surface area contributed by atoms with Crippen LogP contribution in [-0.4, -0.2) is 28.8 Å². The average molecular weight is 258 g/mol. The lowest BCUT2D eigenvalue weighted by Gasteiger charge is -2.19. The minimum absolute atomic E-state index is 0.0385. The Kier molecular flexibility index (Phi) is 5.25. The molecule has 94 valence electrons. The maximum Gasteiger partial charge on any atom is 0.339 e. The van der Waals surface area contributed by atoms with Crippen LogP contribution in [0.5, 0.6) is 0 Å². The van der Waals surface area contributed by atoms with Crippen LogP contribution in [0.25, 0.3) is 0 Å². The molecule has 0 heterocycles. The predicted molar refractivity (Wildman–Crippen MR) is 67.8 cm³/mol. The molecule has 0 radical (unpaired) electrons. The van der Waals surface area contributed by atoms with E-state index in [-0.39, 0.29) is 23.2 Å². The smallest absolute Gasteiger partial charge is 0.339 e. The SMILES string of the molecule is CCC(CCO)Nc1cccc(Cl)c1C(=O)O. The van der Waals surface area contributed by atoms with Crippen molar-refractivity contribution in [2.24, 2.45) is 0 Å². The maximum atomic E-state index is 11.1. The summed E-state index contributed by atoms with van der Waals surface area (Å²) in [7, 11) is 0. The molecule has 3 N–H and O–H groups in total. The first-order valence-corrected chi connectivity index (χ1v) is 5.87. The monoisotopic (exact) mass is 257 g/mol. The van der Waals surface area contributed by atoms with E-state index in [1.165, 1.54) is 0 Å². The summed E-state index contributed by atoms with van der Waals surface area (Å²) >= 11 is 5.86. The van der Waals surface area contributed by atoms with E-state index in [2.05, 4.69) is 5.32 Å². The number of halogens is 1. The number of aliphatic hydroxyl groups excluding tert-OH is 1. The van der Waals surface area contributed by atoms with Gasteiger partial charge in [-0.15, -0.1) is 0 Å². The standard InChI is InChI=1S/C12H16ClNO3/c1-2-8(6-7-15)14-10-5-3-4-9(13)11(10)12(16)17/h3-5,8,14-15H,2,6-7H2,1H3,(H,16,17). The minimum Gasteiger partial charge on any atom is -0.478 e. The molecule has 0 aliphatic carbocycles. The molecule has 0 bridgehead atoms. The van der Waals surface area contributed by atoms with Gasteiger partial charge in [0.15, 0.2) is 0 Å². The van der Waals surface area contributed by atoms with Gasteiger partial charge in [0.25, 0.3) is 0 Å². The first kappa shape index (κ1) is 13.8. The van der Waals surface area contributed by atoms with Gasteiger partial charge in [-0.3, -0.25) is 0 Å². The fourth-order valence-corrected chi connectivity index (χ4v) is 1.87. The van der Waals surface area contributed by atoms with Crippen LogP contribution in [0.4, 0.5) is 5.69 Å². The van der Waals surface area contributed by atoms with E-state index in [4.69, 9.17) is 21.8 Å². The first-order chi connectivity index (χ1) is 8.10. The Morgan fingerprint density at radius 2 is 2.24 bits per heavy atom. The fourth-order valence-electron chi connectivity index (χ4n) is 1.62. The molecule has 0 saturated carbocycles.